The molecular formula is C14H17ClFN3. The summed E-state index contributed by atoms with van der Waals surface area (Å²) >= 11 is 5.79. The van der Waals surface area contributed by atoms with Crippen LogP contribution in [0.1, 0.15) is 25.5 Å². The van der Waals surface area contributed by atoms with Crippen LogP contribution in [-0.4, -0.2) is 15.6 Å². The number of imidazole rings is 1. The summed E-state index contributed by atoms with van der Waals surface area (Å²) in [5.74, 6) is -0.385. The highest BCUT2D eigenvalue weighted by molar-refractivity contribution is 6.30. The summed E-state index contributed by atoms with van der Waals surface area (Å²) in [6.07, 6.45) is 5.48. The summed E-state index contributed by atoms with van der Waals surface area (Å²) < 4.78 is 15.1. The van der Waals surface area contributed by atoms with E-state index in [1.54, 1.807) is 24.7 Å². The maximum Gasteiger partial charge on any atom is 0.141 e. The highest BCUT2D eigenvalue weighted by atomic mass is 35.5. The zero-order chi connectivity index (χ0) is 13.8. The van der Waals surface area contributed by atoms with Gasteiger partial charge in [-0.2, -0.15) is 0 Å². The van der Waals surface area contributed by atoms with Crippen LogP contribution in [0.4, 0.5) is 4.39 Å². The van der Waals surface area contributed by atoms with Crippen LogP contribution in [0.15, 0.2) is 36.9 Å². The largest absolute Gasteiger partial charge is 0.336 e. The van der Waals surface area contributed by atoms with Gasteiger partial charge in [-0.05, 0) is 31.5 Å². The number of benzene rings is 1. The molecule has 1 aromatic carbocycles. The van der Waals surface area contributed by atoms with Crippen LogP contribution in [0.3, 0.4) is 0 Å². The first-order valence-corrected chi connectivity index (χ1v) is 6.61. The zero-order valence-electron chi connectivity index (χ0n) is 11.0. The Bertz CT molecular complexity index is 527. The van der Waals surface area contributed by atoms with Crippen LogP contribution in [0.2, 0.25) is 5.02 Å². The van der Waals surface area contributed by atoms with Crippen molar-refractivity contribution in [3.63, 3.8) is 0 Å². The Hall–Kier alpha value is -1.39. The van der Waals surface area contributed by atoms with Crippen molar-refractivity contribution in [1.29, 1.82) is 0 Å². The third-order valence-corrected chi connectivity index (χ3v) is 3.31. The molecule has 0 fully saturated rings. The summed E-state index contributed by atoms with van der Waals surface area (Å²) in [5, 5.41) is 3.61. The van der Waals surface area contributed by atoms with Gasteiger partial charge in [0.25, 0.3) is 0 Å². The van der Waals surface area contributed by atoms with E-state index < -0.39 is 0 Å². The molecule has 0 unspecified atom stereocenters. The Morgan fingerprint density at radius 1 is 1.42 bits per heavy atom. The quantitative estimate of drug-likeness (QED) is 0.910. The smallest absolute Gasteiger partial charge is 0.141 e. The van der Waals surface area contributed by atoms with Gasteiger partial charge < -0.3 is 9.88 Å². The van der Waals surface area contributed by atoms with Gasteiger partial charge in [-0.3, -0.25) is 0 Å². The van der Waals surface area contributed by atoms with Crippen LogP contribution in [-0.2, 0) is 6.54 Å². The molecule has 5 heteroatoms. The molecule has 2 rings (SSSR count). The van der Waals surface area contributed by atoms with Gasteiger partial charge >= 0.3 is 0 Å². The van der Waals surface area contributed by atoms with E-state index in [0.29, 0.717) is 0 Å². The van der Waals surface area contributed by atoms with Crippen molar-refractivity contribution in [2.75, 3.05) is 0 Å². The number of nitrogens with zero attached hydrogens (tertiary/aromatic N) is 2. The first kappa shape index (κ1) is 14.0. The molecule has 0 radical (unpaired) electrons. The maximum atomic E-state index is 13.1. The minimum Gasteiger partial charge on any atom is -0.336 e. The number of rotatable bonds is 5. The van der Waals surface area contributed by atoms with E-state index in [9.17, 15) is 4.39 Å². The lowest BCUT2D eigenvalue weighted by Gasteiger charge is -2.21. The number of hydrogen-bond donors (Lipinski definition) is 1. The molecule has 0 aliphatic rings. The third kappa shape index (κ3) is 3.78. The van der Waals surface area contributed by atoms with Gasteiger partial charge in [0.1, 0.15) is 5.82 Å². The molecule has 0 amide bonds. The monoisotopic (exact) mass is 281 g/mol. The molecule has 0 saturated carbocycles. The van der Waals surface area contributed by atoms with E-state index in [1.807, 2.05) is 17.7 Å². The standard InChI is InChI=1S/C14H17ClFN3/c1-10(8-19-6-5-17-9-19)18-11(2)12-3-4-14(16)13(15)7-12/h3-7,9-11,18H,8H2,1-2H3/t10-,11+/m0/s1. The van der Waals surface area contributed by atoms with Gasteiger partial charge in [-0.15, -0.1) is 0 Å². The number of halogens is 2. The molecule has 102 valence electrons. The Kier molecular flexibility index (Phi) is 4.56. The second-order valence-electron chi connectivity index (χ2n) is 4.72. The van der Waals surface area contributed by atoms with Gasteiger partial charge in [0.05, 0.1) is 11.3 Å². The predicted octanol–water partition coefficient (Wildman–Crippen LogP) is 3.41. The van der Waals surface area contributed by atoms with Crippen molar-refractivity contribution in [1.82, 2.24) is 14.9 Å². The summed E-state index contributed by atoms with van der Waals surface area (Å²) in [7, 11) is 0. The predicted molar refractivity (Wildman–Crippen MR) is 74.6 cm³/mol. The maximum absolute atomic E-state index is 13.1. The van der Waals surface area contributed by atoms with Crippen molar-refractivity contribution in [2.45, 2.75) is 32.5 Å². The fourth-order valence-electron chi connectivity index (χ4n) is 2.07. The molecule has 2 atom stereocenters. The van der Waals surface area contributed by atoms with Gasteiger partial charge in [-0.25, -0.2) is 9.37 Å². The Balaban J connectivity index is 1.96. The molecule has 19 heavy (non-hydrogen) atoms. The summed E-state index contributed by atoms with van der Waals surface area (Å²) in [5.41, 5.74) is 0.976. The molecule has 1 N–H and O–H groups in total. The second kappa shape index (κ2) is 6.17. The number of hydrogen-bond acceptors (Lipinski definition) is 2. The van der Waals surface area contributed by atoms with E-state index in [-0.39, 0.29) is 22.9 Å². The molecule has 3 nitrogen and oxygen atoms in total. The molecule has 1 aromatic heterocycles. The SMILES string of the molecule is C[C@@H](Cn1ccnc1)N[C@H](C)c1ccc(F)c(Cl)c1. The average Bonchev–Trinajstić information content (AvgIpc) is 2.85. The molecule has 2 aromatic rings. The second-order valence-corrected chi connectivity index (χ2v) is 5.13. The molecule has 0 saturated heterocycles. The fourth-order valence-corrected chi connectivity index (χ4v) is 2.26. The normalized spacial score (nSPS) is 14.3. The van der Waals surface area contributed by atoms with E-state index in [4.69, 9.17) is 11.6 Å². The third-order valence-electron chi connectivity index (χ3n) is 3.02. The summed E-state index contributed by atoms with van der Waals surface area (Å²) in [6.45, 7) is 4.97. The van der Waals surface area contributed by atoms with Gasteiger partial charge in [0.2, 0.25) is 0 Å². The van der Waals surface area contributed by atoms with Crippen LogP contribution in [0.25, 0.3) is 0 Å². The Labute approximate surface area is 117 Å². The van der Waals surface area contributed by atoms with Gasteiger partial charge in [0.15, 0.2) is 0 Å². The number of nitrogens with one attached hydrogen (secondary N) is 1. The topological polar surface area (TPSA) is 29.9 Å². The van der Waals surface area contributed by atoms with Crippen molar-refractivity contribution in [2.24, 2.45) is 0 Å². The lowest BCUT2D eigenvalue weighted by Crippen LogP contribution is -2.32. The molecular weight excluding hydrogens is 265 g/mol. The van der Waals surface area contributed by atoms with Gasteiger partial charge in [0, 0.05) is 31.0 Å². The first-order chi connectivity index (χ1) is 9.06. The van der Waals surface area contributed by atoms with E-state index >= 15 is 0 Å². The number of aromatic nitrogens is 2. The highest BCUT2D eigenvalue weighted by Crippen LogP contribution is 2.21. The van der Waals surface area contributed by atoms with Crippen LogP contribution in [0.5, 0.6) is 0 Å². The van der Waals surface area contributed by atoms with E-state index in [0.717, 1.165) is 12.1 Å². The van der Waals surface area contributed by atoms with Crippen LogP contribution < -0.4 is 5.32 Å². The van der Waals surface area contributed by atoms with E-state index in [1.165, 1.54) is 6.07 Å². The molecule has 0 aliphatic carbocycles. The van der Waals surface area contributed by atoms with Crippen molar-refractivity contribution >= 4 is 11.6 Å². The lowest BCUT2D eigenvalue weighted by atomic mass is 10.1. The zero-order valence-corrected chi connectivity index (χ0v) is 11.7. The average molecular weight is 282 g/mol. The van der Waals surface area contributed by atoms with Crippen molar-refractivity contribution in [3.8, 4) is 0 Å². The Morgan fingerprint density at radius 3 is 2.84 bits per heavy atom. The van der Waals surface area contributed by atoms with Crippen LogP contribution in [0, 0.1) is 5.82 Å². The summed E-state index contributed by atoms with van der Waals surface area (Å²) in [6, 6.07) is 5.20. The molecule has 1 heterocycles. The molecule has 0 aliphatic heterocycles. The first-order valence-electron chi connectivity index (χ1n) is 6.23. The lowest BCUT2D eigenvalue weighted by molar-refractivity contribution is 0.430. The molecule has 0 spiro atoms. The minimum atomic E-state index is -0.385. The molecule has 0 bridgehead atoms. The summed E-state index contributed by atoms with van der Waals surface area (Å²) in [4.78, 5) is 4.01. The van der Waals surface area contributed by atoms with Crippen molar-refractivity contribution < 1.29 is 4.39 Å². The minimum absolute atomic E-state index is 0.108. The fraction of sp³-hybridized carbons (Fsp3) is 0.357. The van der Waals surface area contributed by atoms with Gasteiger partial charge in [-0.1, -0.05) is 17.7 Å². The van der Waals surface area contributed by atoms with E-state index in [2.05, 4.69) is 17.2 Å². The Morgan fingerprint density at radius 2 is 2.21 bits per heavy atom. The highest BCUT2D eigenvalue weighted by Gasteiger charge is 2.11. The van der Waals surface area contributed by atoms with Crippen molar-refractivity contribution in [3.05, 3.63) is 53.3 Å². The van der Waals surface area contributed by atoms with Crippen LogP contribution >= 0.6 is 11.6 Å².